The van der Waals surface area contributed by atoms with Crippen LogP contribution >= 0.6 is 34.7 Å². The molecule has 0 spiro atoms. The second kappa shape index (κ2) is 5.93. The number of hydrogen-bond donors (Lipinski definition) is 0. The summed E-state index contributed by atoms with van der Waals surface area (Å²) < 4.78 is 18.3. The lowest BCUT2D eigenvalue weighted by atomic mass is 10.2. The number of aromatic nitrogens is 2. The standard InChI is InChI=1S/C13H12Cl2FN3S/c14-10-2-1-3-11(16)9(10)6-19(8-4-5-8)7-12-13(15)20-18-17-12/h1-3,8H,4-7H2. The van der Waals surface area contributed by atoms with E-state index in [1.165, 1.54) is 17.6 Å². The van der Waals surface area contributed by atoms with Gasteiger partial charge in [-0.25, -0.2) is 4.39 Å². The van der Waals surface area contributed by atoms with Gasteiger partial charge in [-0.2, -0.15) is 0 Å². The van der Waals surface area contributed by atoms with Gasteiger partial charge in [-0.05, 0) is 25.0 Å². The van der Waals surface area contributed by atoms with Crippen molar-refractivity contribution >= 4 is 34.7 Å². The van der Waals surface area contributed by atoms with Gasteiger partial charge < -0.3 is 0 Å². The maximum absolute atomic E-state index is 13.9. The number of nitrogens with zero attached hydrogens (tertiary/aromatic N) is 3. The van der Waals surface area contributed by atoms with Crippen LogP contribution in [0.25, 0.3) is 0 Å². The molecule has 1 fully saturated rings. The van der Waals surface area contributed by atoms with Crippen molar-refractivity contribution in [3.05, 3.63) is 44.6 Å². The highest BCUT2D eigenvalue weighted by Gasteiger charge is 2.31. The van der Waals surface area contributed by atoms with Crippen LogP contribution in [0, 0.1) is 5.82 Å². The minimum absolute atomic E-state index is 0.273. The topological polar surface area (TPSA) is 29.0 Å². The van der Waals surface area contributed by atoms with E-state index in [0.29, 0.717) is 34.1 Å². The molecule has 0 amide bonds. The van der Waals surface area contributed by atoms with Crippen LogP contribution in [0.4, 0.5) is 4.39 Å². The fourth-order valence-electron chi connectivity index (χ4n) is 2.12. The Kier molecular flexibility index (Phi) is 4.21. The van der Waals surface area contributed by atoms with Crippen molar-refractivity contribution in [3.8, 4) is 0 Å². The van der Waals surface area contributed by atoms with Crippen LogP contribution in [0.1, 0.15) is 24.1 Å². The van der Waals surface area contributed by atoms with Crippen molar-refractivity contribution in [2.24, 2.45) is 0 Å². The molecular weight excluding hydrogens is 320 g/mol. The summed E-state index contributed by atoms with van der Waals surface area (Å²) in [7, 11) is 0. The first-order chi connectivity index (χ1) is 9.65. The molecule has 0 N–H and O–H groups in total. The van der Waals surface area contributed by atoms with E-state index in [2.05, 4.69) is 14.5 Å². The molecule has 7 heteroatoms. The van der Waals surface area contributed by atoms with Crippen LogP contribution in [0.15, 0.2) is 18.2 Å². The van der Waals surface area contributed by atoms with E-state index in [1.807, 2.05) is 0 Å². The third-order valence-corrected chi connectivity index (χ3v) is 4.69. The average Bonchev–Trinajstić information content (AvgIpc) is 3.18. The van der Waals surface area contributed by atoms with Crippen LogP contribution in [0.3, 0.4) is 0 Å². The zero-order valence-corrected chi connectivity index (χ0v) is 12.8. The molecule has 1 aromatic carbocycles. The average molecular weight is 332 g/mol. The molecule has 106 valence electrons. The van der Waals surface area contributed by atoms with Crippen LogP contribution < -0.4 is 0 Å². The summed E-state index contributed by atoms with van der Waals surface area (Å²) in [6, 6.07) is 5.21. The van der Waals surface area contributed by atoms with E-state index in [4.69, 9.17) is 23.2 Å². The van der Waals surface area contributed by atoms with E-state index in [0.717, 1.165) is 18.5 Å². The number of halogens is 3. The van der Waals surface area contributed by atoms with Crippen LogP contribution in [-0.2, 0) is 13.1 Å². The Hall–Kier alpha value is -0.750. The SMILES string of the molecule is Fc1cccc(Cl)c1CN(Cc1nnsc1Cl)C1CC1. The molecule has 1 aliphatic rings. The molecule has 0 atom stereocenters. The Balaban J connectivity index is 1.80. The summed E-state index contributed by atoms with van der Waals surface area (Å²) in [4.78, 5) is 2.16. The molecular formula is C13H12Cl2FN3S. The van der Waals surface area contributed by atoms with Gasteiger partial charge in [-0.15, -0.1) is 5.10 Å². The first kappa shape index (κ1) is 14.2. The van der Waals surface area contributed by atoms with E-state index in [1.54, 1.807) is 12.1 Å². The van der Waals surface area contributed by atoms with Gasteiger partial charge in [0.2, 0.25) is 0 Å². The lowest BCUT2D eigenvalue weighted by molar-refractivity contribution is 0.239. The maximum atomic E-state index is 13.9. The van der Waals surface area contributed by atoms with E-state index in [-0.39, 0.29) is 5.82 Å². The smallest absolute Gasteiger partial charge is 0.138 e. The fraction of sp³-hybridized carbons (Fsp3) is 0.385. The summed E-state index contributed by atoms with van der Waals surface area (Å²) in [5.41, 5.74) is 1.27. The second-order valence-electron chi connectivity index (χ2n) is 4.83. The van der Waals surface area contributed by atoms with Crippen molar-refractivity contribution in [2.45, 2.75) is 32.0 Å². The third-order valence-electron chi connectivity index (χ3n) is 3.35. The van der Waals surface area contributed by atoms with Crippen LogP contribution in [0.2, 0.25) is 9.36 Å². The van der Waals surface area contributed by atoms with Gasteiger partial charge in [0.15, 0.2) is 0 Å². The molecule has 0 bridgehead atoms. The quantitative estimate of drug-likeness (QED) is 0.824. The summed E-state index contributed by atoms with van der Waals surface area (Å²) >= 11 is 13.3. The van der Waals surface area contributed by atoms with Gasteiger partial charge in [0.25, 0.3) is 0 Å². The molecule has 3 nitrogen and oxygen atoms in total. The summed E-state index contributed by atoms with van der Waals surface area (Å²) in [6.07, 6.45) is 2.22. The van der Waals surface area contributed by atoms with Crippen molar-refractivity contribution < 1.29 is 4.39 Å². The Labute approximate surface area is 130 Å². The molecule has 3 rings (SSSR count). The highest BCUT2D eigenvalue weighted by Crippen LogP contribution is 2.33. The van der Waals surface area contributed by atoms with Crippen LogP contribution in [-0.4, -0.2) is 20.5 Å². The molecule has 20 heavy (non-hydrogen) atoms. The fourth-order valence-corrected chi connectivity index (χ4v) is 2.96. The molecule has 1 aromatic heterocycles. The van der Waals surface area contributed by atoms with Gasteiger partial charge in [0.05, 0.1) is 0 Å². The predicted molar refractivity (Wildman–Crippen MR) is 78.6 cm³/mol. The highest BCUT2D eigenvalue weighted by molar-refractivity contribution is 7.10. The Bertz CT molecular complexity index is 595. The Morgan fingerprint density at radius 1 is 1.30 bits per heavy atom. The minimum atomic E-state index is -0.273. The molecule has 0 unspecified atom stereocenters. The lowest BCUT2D eigenvalue weighted by Crippen LogP contribution is -2.26. The molecule has 0 radical (unpaired) electrons. The highest BCUT2D eigenvalue weighted by atomic mass is 35.5. The van der Waals surface area contributed by atoms with Crippen LogP contribution in [0.5, 0.6) is 0 Å². The molecule has 1 saturated carbocycles. The van der Waals surface area contributed by atoms with E-state index in [9.17, 15) is 4.39 Å². The van der Waals surface area contributed by atoms with Gasteiger partial charge in [0, 0.05) is 41.2 Å². The molecule has 0 saturated heterocycles. The first-order valence-electron chi connectivity index (χ1n) is 6.29. The monoisotopic (exact) mass is 331 g/mol. The third kappa shape index (κ3) is 3.11. The number of rotatable bonds is 5. The molecule has 2 aromatic rings. The van der Waals surface area contributed by atoms with Crippen molar-refractivity contribution in [1.29, 1.82) is 0 Å². The Morgan fingerprint density at radius 2 is 2.10 bits per heavy atom. The summed E-state index contributed by atoms with van der Waals surface area (Å²) in [6.45, 7) is 1.04. The maximum Gasteiger partial charge on any atom is 0.138 e. The lowest BCUT2D eigenvalue weighted by Gasteiger charge is -2.21. The summed E-state index contributed by atoms with van der Waals surface area (Å²) in [5.74, 6) is -0.273. The Morgan fingerprint density at radius 3 is 2.70 bits per heavy atom. The number of benzene rings is 1. The summed E-state index contributed by atoms with van der Waals surface area (Å²) in [5, 5.41) is 4.48. The van der Waals surface area contributed by atoms with Gasteiger partial charge in [-0.3, -0.25) is 4.90 Å². The van der Waals surface area contributed by atoms with Gasteiger partial charge >= 0.3 is 0 Å². The second-order valence-corrected chi connectivity index (χ2v) is 6.59. The van der Waals surface area contributed by atoms with E-state index >= 15 is 0 Å². The molecule has 1 heterocycles. The van der Waals surface area contributed by atoms with Crippen molar-refractivity contribution in [2.75, 3.05) is 0 Å². The number of hydrogen-bond acceptors (Lipinski definition) is 4. The molecule has 0 aliphatic heterocycles. The first-order valence-corrected chi connectivity index (χ1v) is 7.81. The normalized spacial score (nSPS) is 15.0. The van der Waals surface area contributed by atoms with Crippen molar-refractivity contribution in [1.82, 2.24) is 14.5 Å². The zero-order valence-electron chi connectivity index (χ0n) is 10.5. The molecule has 1 aliphatic carbocycles. The van der Waals surface area contributed by atoms with Gasteiger partial charge in [0.1, 0.15) is 15.8 Å². The minimum Gasteiger partial charge on any atom is -0.290 e. The van der Waals surface area contributed by atoms with Crippen molar-refractivity contribution in [3.63, 3.8) is 0 Å². The zero-order chi connectivity index (χ0) is 14.1. The van der Waals surface area contributed by atoms with E-state index < -0.39 is 0 Å². The largest absolute Gasteiger partial charge is 0.290 e. The predicted octanol–water partition coefficient (Wildman–Crippen LogP) is 4.15. The van der Waals surface area contributed by atoms with Gasteiger partial charge in [-0.1, -0.05) is 33.8 Å².